The third kappa shape index (κ3) is 4.77. The summed E-state index contributed by atoms with van der Waals surface area (Å²) in [5.41, 5.74) is 0.397. The maximum atomic E-state index is 5.32. The lowest BCUT2D eigenvalue weighted by molar-refractivity contribution is 0.0732. The molecular formula is C16H27N3O2. The van der Waals surface area contributed by atoms with Crippen molar-refractivity contribution in [3.63, 3.8) is 0 Å². The highest BCUT2D eigenvalue weighted by molar-refractivity contribution is 5.79. The SMILES string of the molecule is CN=C(NCCc1ccco1)NCC1(CCOC)CCC1. The summed E-state index contributed by atoms with van der Waals surface area (Å²) >= 11 is 0. The quantitative estimate of drug-likeness (QED) is 0.570. The maximum absolute atomic E-state index is 5.32. The van der Waals surface area contributed by atoms with Crippen LogP contribution in [0.15, 0.2) is 27.8 Å². The van der Waals surface area contributed by atoms with Crippen molar-refractivity contribution in [3.8, 4) is 0 Å². The zero-order valence-electron chi connectivity index (χ0n) is 13.2. The molecule has 1 aliphatic rings. The molecule has 2 rings (SSSR count). The zero-order valence-corrected chi connectivity index (χ0v) is 13.2. The second-order valence-corrected chi connectivity index (χ2v) is 5.78. The molecule has 0 aliphatic heterocycles. The van der Waals surface area contributed by atoms with E-state index in [1.54, 1.807) is 13.4 Å². The first-order valence-corrected chi connectivity index (χ1v) is 7.74. The molecule has 2 N–H and O–H groups in total. The fraction of sp³-hybridized carbons (Fsp3) is 0.688. The first-order chi connectivity index (χ1) is 10.3. The van der Waals surface area contributed by atoms with Crippen LogP contribution in [0.1, 0.15) is 31.4 Å². The Hall–Kier alpha value is -1.49. The Morgan fingerprint density at radius 2 is 2.29 bits per heavy atom. The van der Waals surface area contributed by atoms with Gasteiger partial charge in [-0.15, -0.1) is 0 Å². The van der Waals surface area contributed by atoms with Gasteiger partial charge in [0.15, 0.2) is 5.96 Å². The number of nitrogens with one attached hydrogen (secondary N) is 2. The van der Waals surface area contributed by atoms with Gasteiger partial charge in [-0.05, 0) is 36.8 Å². The summed E-state index contributed by atoms with van der Waals surface area (Å²) in [6.45, 7) is 2.63. The van der Waals surface area contributed by atoms with Gasteiger partial charge in [-0.3, -0.25) is 4.99 Å². The van der Waals surface area contributed by atoms with E-state index in [9.17, 15) is 0 Å². The molecule has 0 amide bonds. The monoisotopic (exact) mass is 293 g/mol. The van der Waals surface area contributed by atoms with Gasteiger partial charge < -0.3 is 19.8 Å². The Morgan fingerprint density at radius 3 is 2.86 bits per heavy atom. The van der Waals surface area contributed by atoms with Crippen molar-refractivity contribution < 1.29 is 9.15 Å². The number of rotatable bonds is 8. The molecule has 1 aromatic rings. The van der Waals surface area contributed by atoms with Crippen molar-refractivity contribution >= 4 is 5.96 Å². The molecule has 1 aromatic heterocycles. The Labute approximate surface area is 127 Å². The van der Waals surface area contributed by atoms with E-state index in [0.717, 1.165) is 44.3 Å². The van der Waals surface area contributed by atoms with E-state index in [1.165, 1.54) is 19.3 Å². The molecule has 0 saturated heterocycles. The van der Waals surface area contributed by atoms with Crippen LogP contribution < -0.4 is 10.6 Å². The third-order valence-corrected chi connectivity index (χ3v) is 4.35. The predicted molar refractivity (Wildman–Crippen MR) is 84.6 cm³/mol. The molecule has 5 heteroatoms. The van der Waals surface area contributed by atoms with Gasteiger partial charge in [0, 0.05) is 40.3 Å². The average molecular weight is 293 g/mol. The topological polar surface area (TPSA) is 58.8 Å². The molecule has 5 nitrogen and oxygen atoms in total. The molecule has 1 heterocycles. The maximum Gasteiger partial charge on any atom is 0.191 e. The molecule has 0 spiro atoms. The first kappa shape index (κ1) is 15.9. The Morgan fingerprint density at radius 1 is 1.43 bits per heavy atom. The summed E-state index contributed by atoms with van der Waals surface area (Å²) in [4.78, 5) is 4.28. The normalized spacial score (nSPS) is 17.3. The highest BCUT2D eigenvalue weighted by Crippen LogP contribution is 2.43. The van der Waals surface area contributed by atoms with Gasteiger partial charge in [0.25, 0.3) is 0 Å². The average Bonchev–Trinajstić information content (AvgIpc) is 2.97. The van der Waals surface area contributed by atoms with Gasteiger partial charge >= 0.3 is 0 Å². The van der Waals surface area contributed by atoms with Crippen molar-refractivity contribution in [1.82, 2.24) is 10.6 Å². The van der Waals surface area contributed by atoms with E-state index >= 15 is 0 Å². The van der Waals surface area contributed by atoms with Crippen LogP contribution in [-0.2, 0) is 11.2 Å². The minimum absolute atomic E-state index is 0.397. The largest absolute Gasteiger partial charge is 0.469 e. The molecule has 118 valence electrons. The number of ether oxygens (including phenoxy) is 1. The Bertz CT molecular complexity index is 425. The fourth-order valence-corrected chi connectivity index (χ4v) is 2.76. The number of methoxy groups -OCH3 is 1. The van der Waals surface area contributed by atoms with Crippen molar-refractivity contribution in [2.24, 2.45) is 10.4 Å². The van der Waals surface area contributed by atoms with Gasteiger partial charge in [-0.1, -0.05) is 6.42 Å². The highest BCUT2D eigenvalue weighted by atomic mass is 16.5. The number of furan rings is 1. The van der Waals surface area contributed by atoms with Gasteiger partial charge in [0.1, 0.15) is 5.76 Å². The number of guanidine groups is 1. The molecular weight excluding hydrogens is 266 g/mol. The van der Waals surface area contributed by atoms with E-state index in [1.807, 2.05) is 19.2 Å². The van der Waals surface area contributed by atoms with Crippen LogP contribution in [0.4, 0.5) is 0 Å². The lowest BCUT2D eigenvalue weighted by atomic mass is 9.67. The van der Waals surface area contributed by atoms with Gasteiger partial charge in [-0.25, -0.2) is 0 Å². The van der Waals surface area contributed by atoms with E-state index in [-0.39, 0.29) is 0 Å². The summed E-state index contributed by atoms with van der Waals surface area (Å²) in [6, 6.07) is 3.91. The van der Waals surface area contributed by atoms with Crippen LogP contribution in [0, 0.1) is 5.41 Å². The number of nitrogens with zero attached hydrogens (tertiary/aromatic N) is 1. The van der Waals surface area contributed by atoms with Crippen LogP contribution in [0.2, 0.25) is 0 Å². The predicted octanol–water partition coefficient (Wildman–Crippen LogP) is 2.19. The minimum atomic E-state index is 0.397. The summed E-state index contributed by atoms with van der Waals surface area (Å²) in [7, 11) is 3.58. The molecule has 1 aliphatic carbocycles. The second-order valence-electron chi connectivity index (χ2n) is 5.78. The molecule has 0 bridgehead atoms. The molecule has 21 heavy (non-hydrogen) atoms. The highest BCUT2D eigenvalue weighted by Gasteiger charge is 2.36. The second kappa shape index (κ2) is 8.08. The molecule has 1 saturated carbocycles. The first-order valence-electron chi connectivity index (χ1n) is 7.74. The summed E-state index contributed by atoms with van der Waals surface area (Å²) in [6.07, 6.45) is 7.59. The van der Waals surface area contributed by atoms with Gasteiger partial charge in [0.05, 0.1) is 6.26 Å². The molecule has 0 atom stereocenters. The van der Waals surface area contributed by atoms with E-state index < -0.39 is 0 Å². The third-order valence-electron chi connectivity index (χ3n) is 4.35. The lowest BCUT2D eigenvalue weighted by Crippen LogP contribution is -2.47. The summed E-state index contributed by atoms with van der Waals surface area (Å²) < 4.78 is 10.5. The van der Waals surface area contributed by atoms with Crippen LogP contribution in [0.3, 0.4) is 0 Å². The van der Waals surface area contributed by atoms with Gasteiger partial charge in [0.2, 0.25) is 0 Å². The smallest absolute Gasteiger partial charge is 0.191 e. The van der Waals surface area contributed by atoms with Crippen molar-refractivity contribution in [2.45, 2.75) is 32.1 Å². The van der Waals surface area contributed by atoms with Gasteiger partial charge in [-0.2, -0.15) is 0 Å². The Kier molecular flexibility index (Phi) is 6.11. The molecule has 0 radical (unpaired) electrons. The molecule has 0 aromatic carbocycles. The van der Waals surface area contributed by atoms with Crippen molar-refractivity contribution in [2.75, 3.05) is 33.9 Å². The zero-order chi connectivity index (χ0) is 15.0. The summed E-state index contributed by atoms with van der Waals surface area (Å²) in [5, 5.41) is 6.79. The van der Waals surface area contributed by atoms with Crippen molar-refractivity contribution in [3.05, 3.63) is 24.2 Å². The van der Waals surface area contributed by atoms with Crippen LogP contribution in [0.5, 0.6) is 0 Å². The fourth-order valence-electron chi connectivity index (χ4n) is 2.76. The van der Waals surface area contributed by atoms with E-state index in [4.69, 9.17) is 9.15 Å². The molecule has 1 fully saturated rings. The number of aliphatic imine (C=N–C) groups is 1. The van der Waals surface area contributed by atoms with Crippen LogP contribution in [0.25, 0.3) is 0 Å². The minimum Gasteiger partial charge on any atom is -0.469 e. The number of hydrogen-bond acceptors (Lipinski definition) is 3. The van der Waals surface area contributed by atoms with E-state index in [0.29, 0.717) is 5.41 Å². The summed E-state index contributed by atoms with van der Waals surface area (Å²) in [5.74, 6) is 1.86. The Balaban J connectivity index is 1.69. The van der Waals surface area contributed by atoms with Crippen LogP contribution >= 0.6 is 0 Å². The van der Waals surface area contributed by atoms with Crippen LogP contribution in [-0.4, -0.2) is 39.8 Å². The van der Waals surface area contributed by atoms with Crippen molar-refractivity contribution in [1.29, 1.82) is 0 Å². The standard InChI is InChI=1S/C16H27N3O2/c1-17-15(18-10-6-14-5-3-11-21-14)19-13-16(7-4-8-16)9-12-20-2/h3,5,11H,4,6-10,12-13H2,1-2H3,(H2,17,18,19). The molecule has 0 unspecified atom stereocenters. The lowest BCUT2D eigenvalue weighted by Gasteiger charge is -2.42. The number of hydrogen-bond donors (Lipinski definition) is 2. The van der Waals surface area contributed by atoms with E-state index in [2.05, 4.69) is 15.6 Å².